The van der Waals surface area contributed by atoms with Gasteiger partial charge in [0.05, 0.1) is 34.9 Å². The Balaban J connectivity index is 0.976. The first-order valence-electron chi connectivity index (χ1n) is 14.2. The number of fused-ring (bicyclic) bond motifs is 8. The molecule has 0 aromatic heterocycles. The van der Waals surface area contributed by atoms with Crippen molar-refractivity contribution in [3.8, 4) is 0 Å². The molecule has 0 radical (unpaired) electrons. The van der Waals surface area contributed by atoms with Crippen LogP contribution >= 0.6 is 31.9 Å². The molecule has 2 heterocycles. The molecular weight excluding hydrogens is 700 g/mol. The van der Waals surface area contributed by atoms with E-state index in [0.717, 1.165) is 43.1 Å². The van der Waals surface area contributed by atoms with E-state index < -0.39 is 9.02 Å². The van der Waals surface area contributed by atoms with E-state index in [2.05, 4.69) is 54.0 Å². The van der Waals surface area contributed by atoms with E-state index >= 15 is 0 Å². The predicted octanol–water partition coefficient (Wildman–Crippen LogP) is 8.94. The van der Waals surface area contributed by atoms with Gasteiger partial charge in [0, 0.05) is 0 Å². The number of carbonyl (C=O) groups excluding carboxylic acids is 2. The van der Waals surface area contributed by atoms with Crippen molar-refractivity contribution >= 4 is 110 Å². The summed E-state index contributed by atoms with van der Waals surface area (Å²) in [6.07, 6.45) is 2.84. The van der Waals surface area contributed by atoms with Crippen LogP contribution in [0.2, 0.25) is 0 Å². The van der Waals surface area contributed by atoms with Crippen LogP contribution in [-0.2, 0) is 14.2 Å². The topological polar surface area (TPSA) is 86.6 Å². The van der Waals surface area contributed by atoms with Crippen LogP contribution in [0.25, 0.3) is 43.1 Å². The Labute approximate surface area is 273 Å². The fraction of sp³-hybridized carbons (Fsp3) is 0.111. The van der Waals surface area contributed by atoms with E-state index in [-0.39, 0.29) is 25.2 Å². The van der Waals surface area contributed by atoms with Gasteiger partial charge >= 0.3 is 0 Å². The third-order valence-electron chi connectivity index (χ3n) is 8.25. The maximum atomic E-state index is 13.8. The number of Topliss-reactive ketones (excluding diaryl/α,β-unsaturated/α-hetero) is 2. The molecule has 6 aromatic carbocycles. The fourth-order valence-electron chi connectivity index (χ4n) is 5.95. The van der Waals surface area contributed by atoms with Gasteiger partial charge in [0.15, 0.2) is 13.6 Å². The minimum atomic E-state index is -1.53. The largest absolute Gasteiger partial charge is 0.329 e. The zero-order valence-electron chi connectivity index (χ0n) is 23.5. The molecule has 0 spiro atoms. The summed E-state index contributed by atoms with van der Waals surface area (Å²) in [5.74, 6) is -0.582. The highest BCUT2D eigenvalue weighted by molar-refractivity contribution is 9.10. The van der Waals surface area contributed by atoms with E-state index in [1.807, 2.05) is 84.9 Å². The Morgan fingerprint density at radius 2 is 0.933 bits per heavy atom. The van der Waals surface area contributed by atoms with Gasteiger partial charge in [-0.1, -0.05) is 60.7 Å². The normalized spacial score (nSPS) is 20.8. The van der Waals surface area contributed by atoms with Gasteiger partial charge in [0.25, 0.3) is 0 Å². The zero-order valence-corrected chi connectivity index (χ0v) is 26.7. The van der Waals surface area contributed by atoms with E-state index in [0.29, 0.717) is 22.5 Å². The van der Waals surface area contributed by atoms with Gasteiger partial charge in [-0.25, -0.2) is 0 Å². The highest BCUT2D eigenvalue weighted by Crippen LogP contribution is 2.41. The van der Waals surface area contributed by atoms with Gasteiger partial charge in [-0.3, -0.25) is 19.6 Å². The lowest BCUT2D eigenvalue weighted by Gasteiger charge is -2.28. The van der Waals surface area contributed by atoms with Crippen molar-refractivity contribution in [3.63, 3.8) is 0 Å². The number of rotatable bonds is 6. The van der Waals surface area contributed by atoms with Crippen LogP contribution in [0.3, 0.4) is 0 Å². The molecule has 0 bridgehead atoms. The minimum Gasteiger partial charge on any atom is -0.329 e. The Hall–Kier alpha value is -4.12. The molecule has 0 saturated carbocycles. The highest BCUT2D eigenvalue weighted by Gasteiger charge is 2.42. The average Bonchev–Trinajstić information content (AvgIpc) is 3.06. The first-order chi connectivity index (χ1) is 21.8. The van der Waals surface area contributed by atoms with Gasteiger partial charge in [-0.05, 0) is 111 Å². The SMILES string of the molecule is O=C1c2c(ccc3cc4ccccc4cc23)N=CC1(Br)OCOCOC1(Br)C=Nc2ccc3cc4ccccc4cc3c2C1=O. The van der Waals surface area contributed by atoms with Gasteiger partial charge in [0.1, 0.15) is 0 Å². The van der Waals surface area contributed by atoms with Crippen LogP contribution in [0.5, 0.6) is 0 Å². The molecule has 6 aromatic rings. The molecule has 2 unspecified atom stereocenters. The van der Waals surface area contributed by atoms with E-state index in [4.69, 9.17) is 14.2 Å². The number of nitrogens with zero attached hydrogens (tertiary/aromatic N) is 2. The summed E-state index contributed by atoms with van der Waals surface area (Å²) in [6.45, 7) is -0.627. The number of halogens is 2. The smallest absolute Gasteiger partial charge is 0.223 e. The summed E-state index contributed by atoms with van der Waals surface area (Å²) >= 11 is 6.89. The predicted molar refractivity (Wildman–Crippen MR) is 184 cm³/mol. The van der Waals surface area contributed by atoms with E-state index in [1.54, 1.807) is 0 Å². The Morgan fingerprint density at radius 3 is 1.36 bits per heavy atom. The quantitative estimate of drug-likeness (QED) is 0.0742. The summed E-state index contributed by atoms with van der Waals surface area (Å²) in [5, 5.41) is 7.67. The van der Waals surface area contributed by atoms with E-state index in [9.17, 15) is 9.59 Å². The lowest BCUT2D eigenvalue weighted by molar-refractivity contribution is -0.143. The van der Waals surface area contributed by atoms with Crippen LogP contribution in [0, 0.1) is 0 Å². The van der Waals surface area contributed by atoms with Crippen LogP contribution in [0.1, 0.15) is 20.7 Å². The second kappa shape index (κ2) is 10.8. The first kappa shape index (κ1) is 28.4. The summed E-state index contributed by atoms with van der Waals surface area (Å²) in [5.41, 5.74) is 2.08. The first-order valence-corrected chi connectivity index (χ1v) is 15.8. The maximum Gasteiger partial charge on any atom is 0.223 e. The van der Waals surface area contributed by atoms with Crippen LogP contribution in [-0.4, -0.2) is 46.6 Å². The number of alkyl halides is 2. The molecule has 0 amide bonds. The number of hydrogen-bond acceptors (Lipinski definition) is 7. The number of hydrogen-bond donors (Lipinski definition) is 0. The second-order valence-electron chi connectivity index (χ2n) is 11.0. The van der Waals surface area contributed by atoms with Crippen LogP contribution < -0.4 is 0 Å². The summed E-state index contributed by atoms with van der Waals surface area (Å²) < 4.78 is 14.3. The number of aliphatic imine (C=N–C) groups is 2. The Kier molecular flexibility index (Phi) is 6.78. The lowest BCUT2D eigenvalue weighted by Crippen LogP contribution is -2.41. The molecule has 9 heteroatoms. The summed E-state index contributed by atoms with van der Waals surface area (Å²) in [6, 6.07) is 31.7. The van der Waals surface area contributed by atoms with Crippen molar-refractivity contribution in [2.24, 2.45) is 9.98 Å². The minimum absolute atomic E-state index is 0.291. The second-order valence-corrected chi connectivity index (χ2v) is 13.3. The third-order valence-corrected chi connectivity index (χ3v) is 9.83. The Bertz CT molecular complexity index is 2140. The number of benzene rings is 6. The molecule has 0 aliphatic carbocycles. The van der Waals surface area contributed by atoms with Crippen molar-refractivity contribution in [2.45, 2.75) is 9.02 Å². The van der Waals surface area contributed by atoms with Gasteiger partial charge in [-0.2, -0.15) is 0 Å². The standard InChI is InChI=1S/C36H22Br2N2O5/c37-35(17-39-29-11-9-25-13-21-5-1-3-7-23(21)15-27(25)31(29)33(35)41)44-19-43-20-45-36(38)18-40-30-12-10-26-14-22-6-2-4-8-24(22)16-28(26)32(30)34(36)42/h1-18H,19-20H2. The molecule has 0 fully saturated rings. The molecule has 220 valence electrons. The lowest BCUT2D eigenvalue weighted by atomic mass is 9.93. The van der Waals surface area contributed by atoms with Crippen molar-refractivity contribution in [1.82, 2.24) is 0 Å². The monoisotopic (exact) mass is 720 g/mol. The van der Waals surface area contributed by atoms with Crippen LogP contribution in [0.15, 0.2) is 107 Å². The average molecular weight is 722 g/mol. The maximum absolute atomic E-state index is 13.8. The number of ether oxygens (including phenoxy) is 3. The van der Waals surface area contributed by atoms with Crippen LogP contribution in [0.4, 0.5) is 11.4 Å². The fourth-order valence-corrected chi connectivity index (χ4v) is 6.74. The molecule has 2 aliphatic rings. The molecule has 8 rings (SSSR count). The molecule has 0 N–H and O–H groups in total. The molecule has 45 heavy (non-hydrogen) atoms. The Morgan fingerprint density at radius 1 is 0.533 bits per heavy atom. The van der Waals surface area contributed by atoms with Gasteiger partial charge < -0.3 is 14.2 Å². The molecule has 2 atom stereocenters. The molecule has 7 nitrogen and oxygen atoms in total. The highest BCUT2D eigenvalue weighted by atomic mass is 79.9. The number of carbonyl (C=O) groups is 2. The van der Waals surface area contributed by atoms with Gasteiger partial charge in [-0.15, -0.1) is 0 Å². The van der Waals surface area contributed by atoms with Crippen molar-refractivity contribution < 1.29 is 23.8 Å². The molecule has 0 saturated heterocycles. The van der Waals surface area contributed by atoms with E-state index in [1.165, 1.54) is 12.4 Å². The van der Waals surface area contributed by atoms with Gasteiger partial charge in [0.2, 0.25) is 20.6 Å². The zero-order chi connectivity index (χ0) is 30.8. The summed E-state index contributed by atoms with van der Waals surface area (Å²) in [7, 11) is 0. The third kappa shape index (κ3) is 4.74. The molecular formula is C36H22Br2N2O5. The van der Waals surface area contributed by atoms with Crippen molar-refractivity contribution in [2.75, 3.05) is 13.6 Å². The molecule has 2 aliphatic heterocycles. The van der Waals surface area contributed by atoms with Crippen molar-refractivity contribution in [3.05, 3.63) is 108 Å². The number of ketones is 2. The summed E-state index contributed by atoms with van der Waals surface area (Å²) in [4.78, 5) is 36.6. The van der Waals surface area contributed by atoms with Crippen molar-refractivity contribution in [1.29, 1.82) is 0 Å².